The lowest BCUT2D eigenvalue weighted by Gasteiger charge is -2.38. The quantitative estimate of drug-likeness (QED) is 0.637. The van der Waals surface area contributed by atoms with Gasteiger partial charge in [0.1, 0.15) is 5.54 Å². The molecule has 84 valence electrons. The molecular formula is C11H19N3O. The first kappa shape index (κ1) is 10.9. The summed E-state index contributed by atoms with van der Waals surface area (Å²) < 4.78 is 0. The van der Waals surface area contributed by atoms with Gasteiger partial charge in [0.2, 0.25) is 0 Å². The van der Waals surface area contributed by atoms with Gasteiger partial charge >= 0.3 is 0 Å². The van der Waals surface area contributed by atoms with Crippen molar-refractivity contribution in [1.29, 1.82) is 5.26 Å². The predicted octanol–water partition coefficient (Wildman–Crippen LogP) is -0.0536. The molecule has 0 amide bonds. The average molecular weight is 209 g/mol. The number of nitrogens with zero attached hydrogens (tertiary/aromatic N) is 2. The molecule has 0 aromatic carbocycles. The van der Waals surface area contributed by atoms with Crippen LogP contribution in [0.2, 0.25) is 0 Å². The van der Waals surface area contributed by atoms with Crippen LogP contribution in [0.3, 0.4) is 0 Å². The minimum Gasteiger partial charge on any atom is -0.396 e. The van der Waals surface area contributed by atoms with Gasteiger partial charge in [-0.1, -0.05) is 0 Å². The molecule has 3 unspecified atom stereocenters. The Hall–Kier alpha value is -0.630. The standard InChI is InChI=1S/C11H19N3O/c12-9-11(13-4-1-7-15)3-6-14-5-2-10(11)8-14/h10,13,15H,1-8H2. The summed E-state index contributed by atoms with van der Waals surface area (Å²) in [6.45, 7) is 4.21. The van der Waals surface area contributed by atoms with E-state index in [0.29, 0.717) is 5.92 Å². The summed E-state index contributed by atoms with van der Waals surface area (Å²) in [5.74, 6) is 0.481. The van der Waals surface area contributed by atoms with Crippen LogP contribution in [0, 0.1) is 17.2 Å². The van der Waals surface area contributed by atoms with Crippen LogP contribution >= 0.6 is 0 Å². The normalized spacial score (nSPS) is 38.9. The summed E-state index contributed by atoms with van der Waals surface area (Å²) in [6, 6.07) is 2.48. The highest BCUT2D eigenvalue weighted by atomic mass is 16.3. The van der Waals surface area contributed by atoms with Crippen LogP contribution in [-0.2, 0) is 0 Å². The Morgan fingerprint density at radius 1 is 1.53 bits per heavy atom. The molecule has 2 bridgehead atoms. The minimum atomic E-state index is -0.317. The molecule has 2 aliphatic heterocycles. The number of aliphatic hydroxyl groups is 1. The number of rotatable bonds is 4. The predicted molar refractivity (Wildman–Crippen MR) is 57.2 cm³/mol. The van der Waals surface area contributed by atoms with Gasteiger partial charge < -0.3 is 10.0 Å². The molecular weight excluding hydrogens is 190 g/mol. The Labute approximate surface area is 90.9 Å². The summed E-state index contributed by atoms with van der Waals surface area (Å²) >= 11 is 0. The highest BCUT2D eigenvalue weighted by molar-refractivity contribution is 5.15. The zero-order chi connectivity index (χ0) is 10.7. The van der Waals surface area contributed by atoms with E-state index in [1.165, 1.54) is 0 Å². The second kappa shape index (κ2) is 4.48. The van der Waals surface area contributed by atoms with Crippen LogP contribution in [0.4, 0.5) is 0 Å². The van der Waals surface area contributed by atoms with E-state index in [1.807, 2.05) is 0 Å². The van der Waals surface area contributed by atoms with Crippen molar-refractivity contribution < 1.29 is 5.11 Å². The first-order valence-corrected chi connectivity index (χ1v) is 5.80. The van der Waals surface area contributed by atoms with Crippen LogP contribution in [0.25, 0.3) is 0 Å². The SMILES string of the molecule is N#CC1(NCCCO)CCN2CCC1C2. The van der Waals surface area contributed by atoms with Gasteiger partial charge in [-0.3, -0.25) is 5.32 Å². The molecule has 3 atom stereocenters. The highest BCUT2D eigenvalue weighted by Gasteiger charge is 2.46. The maximum atomic E-state index is 9.37. The van der Waals surface area contributed by atoms with Crippen molar-refractivity contribution >= 4 is 0 Å². The highest BCUT2D eigenvalue weighted by Crippen LogP contribution is 2.35. The smallest absolute Gasteiger partial charge is 0.112 e. The number of nitriles is 1. The molecule has 2 heterocycles. The van der Waals surface area contributed by atoms with Gasteiger partial charge in [-0.2, -0.15) is 5.26 Å². The first-order chi connectivity index (χ1) is 7.30. The fourth-order valence-corrected chi connectivity index (χ4v) is 2.79. The Morgan fingerprint density at radius 2 is 2.40 bits per heavy atom. The monoisotopic (exact) mass is 209 g/mol. The number of hydrogen-bond donors (Lipinski definition) is 2. The van der Waals surface area contributed by atoms with E-state index in [9.17, 15) is 5.26 Å². The van der Waals surface area contributed by atoms with Crippen molar-refractivity contribution in [2.45, 2.75) is 24.8 Å². The van der Waals surface area contributed by atoms with E-state index < -0.39 is 0 Å². The van der Waals surface area contributed by atoms with Crippen molar-refractivity contribution in [3.63, 3.8) is 0 Å². The molecule has 2 rings (SSSR count). The zero-order valence-electron chi connectivity index (χ0n) is 9.08. The largest absolute Gasteiger partial charge is 0.396 e. The molecule has 15 heavy (non-hydrogen) atoms. The van der Waals surface area contributed by atoms with E-state index in [-0.39, 0.29) is 12.1 Å². The fraction of sp³-hybridized carbons (Fsp3) is 0.909. The van der Waals surface area contributed by atoms with E-state index in [2.05, 4.69) is 16.3 Å². The van der Waals surface area contributed by atoms with Gasteiger partial charge in [-0.05, 0) is 32.4 Å². The fourth-order valence-electron chi connectivity index (χ4n) is 2.79. The third-order valence-corrected chi connectivity index (χ3v) is 3.77. The maximum absolute atomic E-state index is 9.37. The van der Waals surface area contributed by atoms with E-state index in [1.54, 1.807) is 0 Å². The summed E-state index contributed by atoms with van der Waals surface area (Å²) in [5, 5.41) is 21.5. The van der Waals surface area contributed by atoms with Gasteiger partial charge in [0.05, 0.1) is 6.07 Å². The van der Waals surface area contributed by atoms with Crippen LogP contribution in [0.1, 0.15) is 19.3 Å². The Bertz CT molecular complexity index is 263. The first-order valence-electron chi connectivity index (χ1n) is 5.80. The lowest BCUT2D eigenvalue weighted by atomic mass is 9.80. The molecule has 0 saturated carbocycles. The van der Waals surface area contributed by atoms with Crippen molar-refractivity contribution in [3.8, 4) is 6.07 Å². The molecule has 2 fully saturated rings. The summed E-state index contributed by atoms with van der Waals surface area (Å²) in [5.41, 5.74) is -0.317. The topological polar surface area (TPSA) is 59.3 Å². The molecule has 0 aliphatic carbocycles. The number of nitrogens with one attached hydrogen (secondary N) is 1. The van der Waals surface area contributed by atoms with Gasteiger partial charge in [0.25, 0.3) is 0 Å². The maximum Gasteiger partial charge on any atom is 0.112 e. The lowest BCUT2D eigenvalue weighted by molar-refractivity contribution is 0.171. The molecule has 4 nitrogen and oxygen atoms in total. The van der Waals surface area contributed by atoms with Crippen LogP contribution in [0.15, 0.2) is 0 Å². The third-order valence-electron chi connectivity index (χ3n) is 3.77. The molecule has 2 aliphatic rings. The van der Waals surface area contributed by atoms with Crippen molar-refractivity contribution in [3.05, 3.63) is 0 Å². The number of piperidine rings is 1. The van der Waals surface area contributed by atoms with Crippen LogP contribution in [-0.4, -0.2) is 48.3 Å². The van der Waals surface area contributed by atoms with Crippen LogP contribution in [0.5, 0.6) is 0 Å². The average Bonchev–Trinajstić information content (AvgIpc) is 2.67. The van der Waals surface area contributed by atoms with Gasteiger partial charge in [-0.15, -0.1) is 0 Å². The van der Waals surface area contributed by atoms with Gasteiger partial charge in [0, 0.05) is 25.6 Å². The minimum absolute atomic E-state index is 0.200. The van der Waals surface area contributed by atoms with E-state index in [4.69, 9.17) is 5.11 Å². The summed E-state index contributed by atoms with van der Waals surface area (Å²) in [6.07, 6.45) is 2.80. The molecule has 0 radical (unpaired) electrons. The Kier molecular flexibility index (Phi) is 3.25. The molecule has 2 saturated heterocycles. The lowest BCUT2D eigenvalue weighted by Crippen LogP contribution is -2.55. The molecule has 0 aromatic heterocycles. The van der Waals surface area contributed by atoms with Crippen molar-refractivity contribution in [1.82, 2.24) is 10.2 Å². The zero-order valence-corrected chi connectivity index (χ0v) is 9.08. The Balaban J connectivity index is 1.98. The van der Waals surface area contributed by atoms with Crippen molar-refractivity contribution in [2.75, 3.05) is 32.8 Å². The van der Waals surface area contributed by atoms with Crippen molar-refractivity contribution in [2.24, 2.45) is 5.92 Å². The summed E-state index contributed by atoms with van der Waals surface area (Å²) in [4.78, 5) is 2.44. The molecule has 0 aromatic rings. The molecule has 0 spiro atoms. The number of fused-ring (bicyclic) bond motifs is 2. The number of hydrogen-bond acceptors (Lipinski definition) is 4. The Morgan fingerprint density at radius 3 is 3.13 bits per heavy atom. The molecule has 2 N–H and O–H groups in total. The summed E-state index contributed by atoms with van der Waals surface area (Å²) in [7, 11) is 0. The molecule has 4 heteroatoms. The van der Waals surface area contributed by atoms with Gasteiger partial charge in [0.15, 0.2) is 0 Å². The van der Waals surface area contributed by atoms with Crippen LogP contribution < -0.4 is 5.32 Å². The van der Waals surface area contributed by atoms with E-state index in [0.717, 1.165) is 45.4 Å². The third kappa shape index (κ3) is 2.00. The second-order valence-corrected chi connectivity index (χ2v) is 4.62. The van der Waals surface area contributed by atoms with Gasteiger partial charge in [-0.25, -0.2) is 0 Å². The van der Waals surface area contributed by atoms with E-state index >= 15 is 0 Å². The number of aliphatic hydroxyl groups excluding tert-OH is 1. The second-order valence-electron chi connectivity index (χ2n) is 4.62.